The highest BCUT2D eigenvalue weighted by atomic mass is 16.5. The van der Waals surface area contributed by atoms with Gasteiger partial charge in [0.1, 0.15) is 11.6 Å². The zero-order chi connectivity index (χ0) is 20.3. The van der Waals surface area contributed by atoms with Gasteiger partial charge in [0, 0.05) is 24.8 Å². The Kier molecular flexibility index (Phi) is 6.43. The van der Waals surface area contributed by atoms with E-state index in [-0.39, 0.29) is 43.2 Å². The molecule has 28 heavy (non-hydrogen) atoms. The minimum atomic E-state index is -1.04. The minimum Gasteiger partial charge on any atom is -0.464 e. The molecule has 2 amide bonds. The summed E-state index contributed by atoms with van der Waals surface area (Å²) in [6, 6.07) is -0.744. The number of aliphatic hydroxyl groups is 1. The Labute approximate surface area is 166 Å². The number of esters is 1. The third kappa shape index (κ3) is 4.24. The minimum absolute atomic E-state index is 0.0879. The van der Waals surface area contributed by atoms with Crippen LogP contribution in [0.25, 0.3) is 0 Å². The molecule has 3 aliphatic rings. The summed E-state index contributed by atoms with van der Waals surface area (Å²) in [7, 11) is 0. The van der Waals surface area contributed by atoms with E-state index in [9.17, 15) is 19.5 Å². The van der Waals surface area contributed by atoms with Crippen molar-refractivity contribution in [1.82, 2.24) is 10.2 Å². The molecule has 7 heteroatoms. The van der Waals surface area contributed by atoms with Crippen LogP contribution in [0.2, 0.25) is 0 Å². The molecule has 2 heterocycles. The van der Waals surface area contributed by atoms with E-state index in [0.717, 1.165) is 32.1 Å². The zero-order valence-corrected chi connectivity index (χ0v) is 16.9. The molecule has 1 saturated heterocycles. The van der Waals surface area contributed by atoms with E-state index in [1.165, 1.54) is 4.90 Å². The van der Waals surface area contributed by atoms with Crippen LogP contribution in [-0.4, -0.2) is 58.6 Å². The van der Waals surface area contributed by atoms with Gasteiger partial charge in [-0.25, -0.2) is 4.79 Å². The first-order valence-corrected chi connectivity index (χ1v) is 10.5. The summed E-state index contributed by atoms with van der Waals surface area (Å²) in [5.74, 6) is -1.17. The van der Waals surface area contributed by atoms with Crippen molar-refractivity contribution in [3.05, 3.63) is 12.2 Å². The summed E-state index contributed by atoms with van der Waals surface area (Å²) in [5, 5.41) is 13.0. The lowest BCUT2D eigenvalue weighted by Gasteiger charge is -2.28. The van der Waals surface area contributed by atoms with Crippen LogP contribution >= 0.6 is 0 Å². The van der Waals surface area contributed by atoms with Crippen molar-refractivity contribution < 1.29 is 24.2 Å². The molecule has 0 aromatic rings. The molecule has 0 unspecified atom stereocenters. The lowest BCUT2D eigenvalue weighted by Crippen LogP contribution is -2.54. The van der Waals surface area contributed by atoms with Gasteiger partial charge >= 0.3 is 5.97 Å². The van der Waals surface area contributed by atoms with Crippen LogP contribution < -0.4 is 5.32 Å². The third-order valence-electron chi connectivity index (χ3n) is 6.16. The van der Waals surface area contributed by atoms with Crippen molar-refractivity contribution in [3.8, 4) is 0 Å². The maximum atomic E-state index is 13.0. The predicted octanol–water partition coefficient (Wildman–Crippen LogP) is 1.54. The van der Waals surface area contributed by atoms with Crippen molar-refractivity contribution in [2.45, 2.75) is 76.5 Å². The Hall–Kier alpha value is -1.89. The Morgan fingerprint density at radius 2 is 2.14 bits per heavy atom. The quantitative estimate of drug-likeness (QED) is 0.549. The van der Waals surface area contributed by atoms with Crippen LogP contribution in [0.15, 0.2) is 12.2 Å². The first-order chi connectivity index (χ1) is 13.4. The number of nitrogens with zero attached hydrogens (tertiary/aromatic N) is 1. The second-order valence-electron chi connectivity index (χ2n) is 8.35. The van der Waals surface area contributed by atoms with E-state index < -0.39 is 23.7 Å². The Morgan fingerprint density at radius 1 is 1.36 bits per heavy atom. The smallest absolute Gasteiger partial charge is 0.332 e. The number of nitrogens with one attached hydrogen (secondary N) is 1. The van der Waals surface area contributed by atoms with E-state index in [1.54, 1.807) is 6.92 Å². The van der Waals surface area contributed by atoms with Gasteiger partial charge in [0.2, 0.25) is 11.8 Å². The molecule has 2 N–H and O–H groups in total. The molecule has 7 nitrogen and oxygen atoms in total. The number of ether oxygens (including phenoxy) is 1. The molecule has 156 valence electrons. The maximum Gasteiger partial charge on any atom is 0.332 e. The monoisotopic (exact) mass is 392 g/mol. The Morgan fingerprint density at radius 3 is 2.89 bits per heavy atom. The normalized spacial score (nSPS) is 37.8. The number of hydrogen-bond donors (Lipinski definition) is 2. The summed E-state index contributed by atoms with van der Waals surface area (Å²) in [6.45, 7) is 4.04. The number of amides is 2. The summed E-state index contributed by atoms with van der Waals surface area (Å²) >= 11 is 0. The highest BCUT2D eigenvalue weighted by molar-refractivity contribution is 5.95. The van der Waals surface area contributed by atoms with Gasteiger partial charge in [-0.1, -0.05) is 31.9 Å². The van der Waals surface area contributed by atoms with Gasteiger partial charge in [0.05, 0.1) is 12.7 Å². The molecule has 2 fully saturated rings. The van der Waals surface area contributed by atoms with Gasteiger partial charge in [-0.3, -0.25) is 9.59 Å². The summed E-state index contributed by atoms with van der Waals surface area (Å²) in [4.78, 5) is 40.0. The second-order valence-corrected chi connectivity index (χ2v) is 8.35. The molecular weight excluding hydrogens is 360 g/mol. The molecule has 1 aliphatic carbocycles. The fraction of sp³-hybridized carbons (Fsp3) is 0.762. The molecule has 0 aromatic heterocycles. The first-order valence-electron chi connectivity index (χ1n) is 10.5. The Bertz CT molecular complexity index is 649. The lowest BCUT2D eigenvalue weighted by molar-refractivity contribution is -0.150. The number of fused-ring (bicyclic) bond motifs is 2. The largest absolute Gasteiger partial charge is 0.464 e. The van der Waals surface area contributed by atoms with Crippen molar-refractivity contribution in [2.24, 2.45) is 11.8 Å². The zero-order valence-electron chi connectivity index (χ0n) is 16.9. The highest BCUT2D eigenvalue weighted by Gasteiger charge is 2.62. The molecule has 2 aliphatic heterocycles. The van der Waals surface area contributed by atoms with E-state index in [4.69, 9.17) is 4.74 Å². The number of carbonyl (C=O) groups excluding carboxylic acids is 3. The summed E-state index contributed by atoms with van der Waals surface area (Å²) < 4.78 is 5.22. The van der Waals surface area contributed by atoms with Crippen LogP contribution in [-0.2, 0) is 19.1 Å². The standard InChI is InChI=1S/C21H32N2O5/c1-3-28-20(27)21-12-15(21)10-8-6-4-5-7-9-14(2)19(26)23-13-16(24)11-17(23)18(25)22-21/h8,10,14-17,24H,3-7,9,11-13H2,1-2H3,(H,22,25)/b10-8-/t14-,15+,16-,17-,21+/m0/s1. The summed E-state index contributed by atoms with van der Waals surface area (Å²) in [6.07, 6.45) is 8.81. The van der Waals surface area contributed by atoms with Crippen LogP contribution in [0.3, 0.4) is 0 Å². The number of aliphatic hydroxyl groups excluding tert-OH is 1. The molecule has 0 spiro atoms. The van der Waals surface area contributed by atoms with E-state index in [1.807, 2.05) is 13.0 Å². The highest BCUT2D eigenvalue weighted by Crippen LogP contribution is 2.46. The lowest BCUT2D eigenvalue weighted by atomic mass is 10.0. The first kappa shape index (κ1) is 20.8. The van der Waals surface area contributed by atoms with Gasteiger partial charge in [0.25, 0.3) is 0 Å². The topological polar surface area (TPSA) is 95.9 Å². The number of hydrogen-bond acceptors (Lipinski definition) is 5. The van der Waals surface area contributed by atoms with Crippen molar-refractivity contribution in [2.75, 3.05) is 13.2 Å². The van der Waals surface area contributed by atoms with Gasteiger partial charge in [-0.05, 0) is 32.6 Å². The van der Waals surface area contributed by atoms with Gasteiger partial charge in [-0.15, -0.1) is 0 Å². The molecule has 1 saturated carbocycles. The predicted molar refractivity (Wildman–Crippen MR) is 103 cm³/mol. The van der Waals surface area contributed by atoms with Crippen LogP contribution in [0.5, 0.6) is 0 Å². The second kappa shape index (κ2) is 8.64. The maximum absolute atomic E-state index is 13.0. The van der Waals surface area contributed by atoms with Crippen molar-refractivity contribution in [3.63, 3.8) is 0 Å². The Balaban J connectivity index is 1.84. The van der Waals surface area contributed by atoms with Crippen molar-refractivity contribution in [1.29, 1.82) is 0 Å². The van der Waals surface area contributed by atoms with Gasteiger partial charge in [-0.2, -0.15) is 0 Å². The van der Waals surface area contributed by atoms with E-state index in [2.05, 4.69) is 11.4 Å². The summed E-state index contributed by atoms with van der Waals surface area (Å²) in [5.41, 5.74) is -1.04. The fourth-order valence-electron chi connectivity index (χ4n) is 4.38. The SMILES string of the molecule is CCOC(=O)[C@@]12C[C@H]1/C=C\CCCCC[C@H](C)C(=O)N1C[C@@H](O)C[C@H]1C(=O)N2. The van der Waals surface area contributed by atoms with Crippen LogP contribution in [0.1, 0.15) is 58.8 Å². The van der Waals surface area contributed by atoms with Crippen LogP contribution in [0.4, 0.5) is 0 Å². The van der Waals surface area contributed by atoms with Gasteiger partial charge < -0.3 is 20.1 Å². The fourth-order valence-corrected chi connectivity index (χ4v) is 4.38. The third-order valence-corrected chi connectivity index (χ3v) is 6.16. The number of carbonyl (C=O) groups is 3. The van der Waals surface area contributed by atoms with Crippen LogP contribution in [0, 0.1) is 11.8 Å². The number of rotatable bonds is 2. The average molecular weight is 392 g/mol. The molecule has 5 atom stereocenters. The van der Waals surface area contributed by atoms with Gasteiger partial charge in [0.15, 0.2) is 0 Å². The molecule has 0 radical (unpaired) electrons. The molecule has 0 aromatic carbocycles. The molecule has 0 bridgehead atoms. The van der Waals surface area contributed by atoms with Crippen molar-refractivity contribution >= 4 is 17.8 Å². The molecule has 3 rings (SSSR count). The molecular formula is C21H32N2O5. The van der Waals surface area contributed by atoms with E-state index in [0.29, 0.717) is 6.42 Å². The number of allylic oxidation sites excluding steroid dienone is 1. The van der Waals surface area contributed by atoms with E-state index >= 15 is 0 Å². The average Bonchev–Trinajstić information content (AvgIpc) is 3.21.